The SMILES string of the molecule is CCC1C(C)CCCOCOCCCC(C)C(CC)C(C)CCCOCOCCCC1C. The molecule has 0 aliphatic carbocycles. The predicted octanol–water partition coefficient (Wildman–Crippen LogP) is 7.70. The molecule has 0 radical (unpaired) electrons. The van der Waals surface area contributed by atoms with Gasteiger partial charge in [-0.1, -0.05) is 54.4 Å². The summed E-state index contributed by atoms with van der Waals surface area (Å²) in [7, 11) is 0. The zero-order valence-corrected chi connectivity index (χ0v) is 22.4. The lowest BCUT2D eigenvalue weighted by Gasteiger charge is -2.29. The fraction of sp³-hybridized carbons (Fsp3) is 1.00. The quantitative estimate of drug-likeness (QED) is 0.426. The summed E-state index contributed by atoms with van der Waals surface area (Å²) in [4.78, 5) is 0. The van der Waals surface area contributed by atoms with Crippen molar-refractivity contribution >= 4 is 0 Å². The van der Waals surface area contributed by atoms with Crippen molar-refractivity contribution in [3.05, 3.63) is 0 Å². The van der Waals surface area contributed by atoms with Crippen LogP contribution in [-0.4, -0.2) is 40.0 Å². The average molecular weight is 457 g/mol. The van der Waals surface area contributed by atoms with E-state index in [4.69, 9.17) is 18.9 Å². The Bertz CT molecular complexity index is 346. The van der Waals surface area contributed by atoms with Gasteiger partial charge in [0.05, 0.1) is 0 Å². The zero-order chi connectivity index (χ0) is 23.6. The summed E-state index contributed by atoms with van der Waals surface area (Å²) in [5, 5.41) is 0. The molecule has 0 saturated carbocycles. The Hall–Kier alpha value is -0.160. The molecule has 0 spiro atoms. The lowest BCUT2D eigenvalue weighted by atomic mass is 9.77. The molecule has 0 N–H and O–H groups in total. The van der Waals surface area contributed by atoms with Gasteiger partial charge < -0.3 is 18.9 Å². The number of ether oxygens (including phenoxy) is 4. The second kappa shape index (κ2) is 19.2. The summed E-state index contributed by atoms with van der Waals surface area (Å²) in [6, 6.07) is 0. The maximum absolute atomic E-state index is 5.75. The normalized spacial score (nSPS) is 35.1. The Morgan fingerprint density at radius 2 is 0.719 bits per heavy atom. The molecule has 192 valence electrons. The molecule has 4 atom stereocenters. The second-order valence-corrected chi connectivity index (χ2v) is 10.5. The first-order chi connectivity index (χ1) is 15.5. The highest BCUT2D eigenvalue weighted by molar-refractivity contribution is 4.72. The minimum Gasteiger partial charge on any atom is -0.355 e. The molecule has 1 aliphatic heterocycles. The third kappa shape index (κ3) is 12.9. The van der Waals surface area contributed by atoms with Crippen molar-refractivity contribution in [1.82, 2.24) is 0 Å². The largest absolute Gasteiger partial charge is 0.355 e. The molecule has 1 fully saturated rings. The molecular formula is C28H56O4. The van der Waals surface area contributed by atoms with Gasteiger partial charge in [-0.3, -0.25) is 0 Å². The molecule has 0 aromatic rings. The summed E-state index contributed by atoms with van der Waals surface area (Å²) in [5.74, 6) is 4.52. The van der Waals surface area contributed by atoms with Crippen LogP contribution in [0.2, 0.25) is 0 Å². The van der Waals surface area contributed by atoms with Crippen molar-refractivity contribution in [2.45, 2.75) is 106 Å². The van der Waals surface area contributed by atoms with Gasteiger partial charge in [-0.25, -0.2) is 0 Å². The van der Waals surface area contributed by atoms with Crippen LogP contribution in [0.4, 0.5) is 0 Å². The Balaban J connectivity index is 2.48. The molecule has 4 unspecified atom stereocenters. The Morgan fingerprint density at radius 3 is 0.938 bits per heavy atom. The molecule has 1 aliphatic rings. The minimum atomic E-state index is 0.448. The van der Waals surface area contributed by atoms with Crippen molar-refractivity contribution in [2.75, 3.05) is 40.0 Å². The maximum atomic E-state index is 5.75. The van der Waals surface area contributed by atoms with Crippen molar-refractivity contribution in [1.29, 1.82) is 0 Å². The van der Waals surface area contributed by atoms with Crippen LogP contribution in [0.25, 0.3) is 0 Å². The number of hydrogen-bond donors (Lipinski definition) is 0. The first-order valence-corrected chi connectivity index (χ1v) is 13.8. The Labute approximate surface area is 200 Å². The van der Waals surface area contributed by atoms with Gasteiger partial charge >= 0.3 is 0 Å². The van der Waals surface area contributed by atoms with Crippen LogP contribution in [0.3, 0.4) is 0 Å². The van der Waals surface area contributed by atoms with Gasteiger partial charge in [0, 0.05) is 26.4 Å². The van der Waals surface area contributed by atoms with E-state index in [1.54, 1.807) is 0 Å². The Morgan fingerprint density at radius 1 is 0.469 bits per heavy atom. The lowest BCUT2D eigenvalue weighted by molar-refractivity contribution is -0.0590. The fourth-order valence-electron chi connectivity index (χ4n) is 5.97. The fourth-order valence-corrected chi connectivity index (χ4v) is 5.97. The first kappa shape index (κ1) is 29.9. The van der Waals surface area contributed by atoms with Crippen LogP contribution in [0.5, 0.6) is 0 Å². The molecule has 1 heterocycles. The second-order valence-electron chi connectivity index (χ2n) is 10.5. The molecule has 0 aromatic heterocycles. The molecule has 0 amide bonds. The smallest absolute Gasteiger partial charge is 0.146 e. The van der Waals surface area contributed by atoms with Crippen molar-refractivity contribution in [3.8, 4) is 0 Å². The van der Waals surface area contributed by atoms with E-state index in [9.17, 15) is 0 Å². The molecule has 1 rings (SSSR count). The zero-order valence-electron chi connectivity index (χ0n) is 22.4. The summed E-state index contributed by atoms with van der Waals surface area (Å²) < 4.78 is 23.0. The van der Waals surface area contributed by atoms with Gasteiger partial charge in [0.25, 0.3) is 0 Å². The highest BCUT2D eigenvalue weighted by Crippen LogP contribution is 2.31. The van der Waals surface area contributed by atoms with E-state index in [0.717, 1.165) is 87.6 Å². The predicted molar refractivity (Wildman–Crippen MR) is 135 cm³/mol. The van der Waals surface area contributed by atoms with E-state index < -0.39 is 0 Å². The van der Waals surface area contributed by atoms with Gasteiger partial charge in [0.15, 0.2) is 0 Å². The summed E-state index contributed by atoms with van der Waals surface area (Å²) >= 11 is 0. The third-order valence-corrected chi connectivity index (χ3v) is 7.99. The van der Waals surface area contributed by atoms with Gasteiger partial charge in [0.1, 0.15) is 13.6 Å². The minimum absolute atomic E-state index is 0.448. The van der Waals surface area contributed by atoms with Crippen molar-refractivity contribution in [2.24, 2.45) is 35.5 Å². The van der Waals surface area contributed by atoms with E-state index >= 15 is 0 Å². The molecule has 0 bridgehead atoms. The van der Waals surface area contributed by atoms with Crippen molar-refractivity contribution in [3.63, 3.8) is 0 Å². The molecule has 4 nitrogen and oxygen atoms in total. The van der Waals surface area contributed by atoms with Crippen LogP contribution in [0.1, 0.15) is 106 Å². The topological polar surface area (TPSA) is 36.9 Å². The van der Waals surface area contributed by atoms with E-state index in [2.05, 4.69) is 41.5 Å². The highest BCUT2D eigenvalue weighted by Gasteiger charge is 2.22. The van der Waals surface area contributed by atoms with E-state index in [1.165, 1.54) is 38.5 Å². The van der Waals surface area contributed by atoms with E-state index in [-0.39, 0.29) is 0 Å². The number of rotatable bonds is 2. The Kier molecular flexibility index (Phi) is 17.9. The molecule has 0 aromatic carbocycles. The molecular weight excluding hydrogens is 400 g/mol. The van der Waals surface area contributed by atoms with Gasteiger partial charge in [0.2, 0.25) is 0 Å². The van der Waals surface area contributed by atoms with Crippen LogP contribution >= 0.6 is 0 Å². The van der Waals surface area contributed by atoms with E-state index in [0.29, 0.717) is 13.6 Å². The highest BCUT2D eigenvalue weighted by atomic mass is 16.7. The van der Waals surface area contributed by atoms with Crippen LogP contribution in [-0.2, 0) is 18.9 Å². The van der Waals surface area contributed by atoms with Crippen molar-refractivity contribution < 1.29 is 18.9 Å². The van der Waals surface area contributed by atoms with Gasteiger partial charge in [-0.05, 0) is 86.9 Å². The summed E-state index contributed by atoms with van der Waals surface area (Å²) in [5.41, 5.74) is 0. The monoisotopic (exact) mass is 456 g/mol. The average Bonchev–Trinajstić information content (AvgIpc) is 2.77. The van der Waals surface area contributed by atoms with Gasteiger partial charge in [-0.15, -0.1) is 0 Å². The standard InChI is InChI=1S/C28H56O4/c1-7-27-23(3)13-9-17-29-21-31-19-11-15-25(5)28(8-2)26(6)16-12-20-32-22-30-18-10-14-24(27)4/h23-28H,7-22H2,1-6H3. The lowest BCUT2D eigenvalue weighted by Crippen LogP contribution is -2.21. The van der Waals surface area contributed by atoms with Gasteiger partial charge in [-0.2, -0.15) is 0 Å². The summed E-state index contributed by atoms with van der Waals surface area (Å²) in [6.07, 6.45) is 12.0. The van der Waals surface area contributed by atoms with Crippen LogP contribution in [0.15, 0.2) is 0 Å². The molecule has 1 saturated heterocycles. The third-order valence-electron chi connectivity index (χ3n) is 7.99. The molecule has 4 heteroatoms. The van der Waals surface area contributed by atoms with Crippen LogP contribution < -0.4 is 0 Å². The number of hydrogen-bond acceptors (Lipinski definition) is 4. The molecule has 32 heavy (non-hydrogen) atoms. The van der Waals surface area contributed by atoms with E-state index in [1.807, 2.05) is 0 Å². The van der Waals surface area contributed by atoms with Crippen LogP contribution in [0, 0.1) is 35.5 Å². The maximum Gasteiger partial charge on any atom is 0.146 e. The first-order valence-electron chi connectivity index (χ1n) is 13.8. The summed E-state index contributed by atoms with van der Waals surface area (Å²) in [6.45, 7) is 18.5.